The van der Waals surface area contributed by atoms with Gasteiger partial charge in [0.1, 0.15) is 0 Å². The van der Waals surface area contributed by atoms with Gasteiger partial charge in [0.05, 0.1) is 6.54 Å². The number of carbonyl (C=O) groups is 1. The van der Waals surface area contributed by atoms with Crippen LogP contribution in [0, 0.1) is 0 Å². The highest BCUT2D eigenvalue weighted by Gasteiger charge is 2.25. The SMILES string of the molecule is CC1CNCCN1CC(=O)N(C(C)C)C(C)C. The van der Waals surface area contributed by atoms with Gasteiger partial charge in [-0.05, 0) is 34.6 Å². The van der Waals surface area contributed by atoms with Gasteiger partial charge in [-0.25, -0.2) is 0 Å². The molecule has 17 heavy (non-hydrogen) atoms. The first kappa shape index (κ1) is 14.5. The van der Waals surface area contributed by atoms with Crippen LogP contribution in [0.25, 0.3) is 0 Å². The van der Waals surface area contributed by atoms with Gasteiger partial charge in [-0.1, -0.05) is 0 Å². The summed E-state index contributed by atoms with van der Waals surface area (Å²) in [4.78, 5) is 16.6. The van der Waals surface area contributed by atoms with Crippen LogP contribution in [0.5, 0.6) is 0 Å². The average molecular weight is 241 g/mol. The first-order chi connectivity index (χ1) is 7.93. The van der Waals surface area contributed by atoms with Crippen molar-refractivity contribution in [2.24, 2.45) is 0 Å². The van der Waals surface area contributed by atoms with E-state index in [0.717, 1.165) is 19.6 Å². The predicted molar refractivity (Wildman–Crippen MR) is 71.0 cm³/mol. The molecule has 1 fully saturated rings. The van der Waals surface area contributed by atoms with Crippen molar-refractivity contribution < 1.29 is 4.79 Å². The van der Waals surface area contributed by atoms with Gasteiger partial charge in [0.25, 0.3) is 0 Å². The third-order valence-corrected chi connectivity index (χ3v) is 3.38. The quantitative estimate of drug-likeness (QED) is 0.795. The minimum Gasteiger partial charge on any atom is -0.337 e. The Morgan fingerprint density at radius 2 is 1.94 bits per heavy atom. The van der Waals surface area contributed by atoms with Crippen LogP contribution in [-0.4, -0.2) is 60.0 Å². The number of nitrogens with one attached hydrogen (secondary N) is 1. The van der Waals surface area contributed by atoms with Crippen LogP contribution < -0.4 is 5.32 Å². The molecule has 1 amide bonds. The van der Waals surface area contributed by atoms with Crippen LogP contribution in [0.1, 0.15) is 34.6 Å². The summed E-state index contributed by atoms with van der Waals surface area (Å²) in [5.41, 5.74) is 0. The number of amides is 1. The predicted octanol–water partition coefficient (Wildman–Crippen LogP) is 0.926. The van der Waals surface area contributed by atoms with Crippen LogP contribution in [0.3, 0.4) is 0 Å². The number of hydrogen-bond acceptors (Lipinski definition) is 3. The number of rotatable bonds is 4. The molecular weight excluding hydrogens is 214 g/mol. The van der Waals surface area contributed by atoms with E-state index >= 15 is 0 Å². The summed E-state index contributed by atoms with van der Waals surface area (Å²) in [6, 6.07) is 1.01. The summed E-state index contributed by atoms with van der Waals surface area (Å²) < 4.78 is 0. The Morgan fingerprint density at radius 3 is 2.41 bits per heavy atom. The molecule has 100 valence electrons. The largest absolute Gasteiger partial charge is 0.337 e. The lowest BCUT2D eigenvalue weighted by atomic mass is 10.2. The van der Waals surface area contributed by atoms with Crippen LogP contribution in [-0.2, 0) is 4.79 Å². The van der Waals surface area contributed by atoms with E-state index in [1.807, 2.05) is 4.90 Å². The lowest BCUT2D eigenvalue weighted by Gasteiger charge is -2.37. The molecule has 1 N–H and O–H groups in total. The monoisotopic (exact) mass is 241 g/mol. The normalized spacial score (nSPS) is 22.2. The maximum absolute atomic E-state index is 12.3. The summed E-state index contributed by atoms with van der Waals surface area (Å²) in [6.45, 7) is 14.0. The summed E-state index contributed by atoms with van der Waals surface area (Å²) >= 11 is 0. The van der Waals surface area contributed by atoms with Crippen molar-refractivity contribution in [3.63, 3.8) is 0 Å². The van der Waals surface area contributed by atoms with E-state index in [0.29, 0.717) is 12.6 Å². The standard InChI is InChI=1S/C13H27N3O/c1-10(2)16(11(3)4)13(17)9-15-7-6-14-8-12(15)5/h10-12,14H,6-9H2,1-5H3. The molecule has 4 nitrogen and oxygen atoms in total. The molecule has 0 spiro atoms. The molecule has 0 aromatic heterocycles. The fourth-order valence-electron chi connectivity index (χ4n) is 2.55. The van der Waals surface area contributed by atoms with Crippen LogP contribution in [0.15, 0.2) is 0 Å². The van der Waals surface area contributed by atoms with Crippen molar-refractivity contribution in [1.82, 2.24) is 15.1 Å². The molecule has 0 radical (unpaired) electrons. The van der Waals surface area contributed by atoms with Gasteiger partial charge in [-0.2, -0.15) is 0 Å². The fourth-order valence-corrected chi connectivity index (χ4v) is 2.55. The van der Waals surface area contributed by atoms with E-state index in [2.05, 4.69) is 44.8 Å². The van der Waals surface area contributed by atoms with E-state index in [4.69, 9.17) is 0 Å². The molecule has 4 heteroatoms. The summed E-state index contributed by atoms with van der Waals surface area (Å²) in [6.07, 6.45) is 0. The maximum Gasteiger partial charge on any atom is 0.237 e. The summed E-state index contributed by atoms with van der Waals surface area (Å²) in [5.74, 6) is 0.253. The Hall–Kier alpha value is -0.610. The van der Waals surface area contributed by atoms with Crippen LogP contribution >= 0.6 is 0 Å². The Morgan fingerprint density at radius 1 is 1.35 bits per heavy atom. The molecular formula is C13H27N3O. The fraction of sp³-hybridized carbons (Fsp3) is 0.923. The minimum absolute atomic E-state index is 0.253. The second kappa shape index (κ2) is 6.36. The molecule has 1 rings (SSSR count). The van der Waals surface area contributed by atoms with Gasteiger partial charge in [-0.3, -0.25) is 9.69 Å². The zero-order chi connectivity index (χ0) is 13.0. The highest BCUT2D eigenvalue weighted by Crippen LogP contribution is 2.09. The third kappa shape index (κ3) is 3.96. The topological polar surface area (TPSA) is 35.6 Å². The van der Waals surface area contributed by atoms with Crippen molar-refractivity contribution in [1.29, 1.82) is 0 Å². The zero-order valence-electron chi connectivity index (χ0n) is 11.9. The van der Waals surface area contributed by atoms with Gasteiger partial charge in [-0.15, -0.1) is 0 Å². The van der Waals surface area contributed by atoms with Crippen LogP contribution in [0.2, 0.25) is 0 Å². The smallest absolute Gasteiger partial charge is 0.237 e. The second-order valence-corrected chi connectivity index (χ2v) is 5.51. The summed E-state index contributed by atoms with van der Waals surface area (Å²) in [7, 11) is 0. The van der Waals surface area contributed by atoms with E-state index in [1.165, 1.54) is 0 Å². The van der Waals surface area contributed by atoms with Gasteiger partial charge >= 0.3 is 0 Å². The van der Waals surface area contributed by atoms with Crippen molar-refractivity contribution in [3.8, 4) is 0 Å². The van der Waals surface area contributed by atoms with E-state index in [1.54, 1.807) is 0 Å². The Balaban J connectivity index is 2.56. The van der Waals surface area contributed by atoms with Gasteiger partial charge in [0.15, 0.2) is 0 Å². The van der Waals surface area contributed by atoms with Gasteiger partial charge < -0.3 is 10.2 Å². The van der Waals surface area contributed by atoms with Gasteiger partial charge in [0.2, 0.25) is 5.91 Å². The average Bonchev–Trinajstić information content (AvgIpc) is 2.20. The van der Waals surface area contributed by atoms with E-state index in [-0.39, 0.29) is 18.0 Å². The Labute approximate surface area is 105 Å². The first-order valence-corrected chi connectivity index (χ1v) is 6.69. The molecule has 1 heterocycles. The lowest BCUT2D eigenvalue weighted by Crippen LogP contribution is -2.54. The molecule has 1 unspecified atom stereocenters. The Bertz CT molecular complexity index is 245. The summed E-state index contributed by atoms with van der Waals surface area (Å²) in [5, 5.41) is 3.35. The van der Waals surface area contributed by atoms with E-state index < -0.39 is 0 Å². The molecule has 0 aliphatic carbocycles. The lowest BCUT2D eigenvalue weighted by molar-refractivity contribution is -0.136. The number of nitrogens with zero attached hydrogens (tertiary/aromatic N) is 2. The molecule has 1 saturated heterocycles. The maximum atomic E-state index is 12.3. The third-order valence-electron chi connectivity index (χ3n) is 3.38. The Kier molecular flexibility index (Phi) is 5.40. The number of piperazine rings is 1. The first-order valence-electron chi connectivity index (χ1n) is 6.69. The van der Waals surface area contributed by atoms with Crippen molar-refractivity contribution in [2.75, 3.05) is 26.2 Å². The van der Waals surface area contributed by atoms with E-state index in [9.17, 15) is 4.79 Å². The molecule has 0 saturated carbocycles. The molecule has 1 aliphatic rings. The number of carbonyl (C=O) groups excluding carboxylic acids is 1. The van der Waals surface area contributed by atoms with Crippen molar-refractivity contribution in [2.45, 2.75) is 52.7 Å². The van der Waals surface area contributed by atoms with Crippen molar-refractivity contribution >= 4 is 5.91 Å². The second-order valence-electron chi connectivity index (χ2n) is 5.51. The number of hydrogen-bond donors (Lipinski definition) is 1. The molecule has 1 aliphatic heterocycles. The molecule has 0 bridgehead atoms. The minimum atomic E-state index is 0.253. The highest BCUT2D eigenvalue weighted by atomic mass is 16.2. The molecule has 1 atom stereocenters. The van der Waals surface area contributed by atoms with Gasteiger partial charge in [0, 0.05) is 37.8 Å². The van der Waals surface area contributed by atoms with Crippen molar-refractivity contribution in [3.05, 3.63) is 0 Å². The molecule has 0 aromatic carbocycles. The zero-order valence-corrected chi connectivity index (χ0v) is 11.9. The van der Waals surface area contributed by atoms with Crippen LogP contribution in [0.4, 0.5) is 0 Å². The molecule has 0 aromatic rings. The highest BCUT2D eigenvalue weighted by molar-refractivity contribution is 5.78.